The zero-order valence-corrected chi connectivity index (χ0v) is 7.50. The van der Waals surface area contributed by atoms with Gasteiger partial charge in [0.1, 0.15) is 0 Å². The van der Waals surface area contributed by atoms with E-state index in [0.717, 1.165) is 0 Å². The third-order valence-corrected chi connectivity index (χ3v) is 2.13. The van der Waals surface area contributed by atoms with Crippen molar-refractivity contribution in [2.24, 2.45) is 11.7 Å². The maximum Gasteiger partial charge on any atom is 0.276 e. The van der Waals surface area contributed by atoms with Gasteiger partial charge in [0.2, 0.25) is 0 Å². The topological polar surface area (TPSA) is 26.0 Å². The Balaban J connectivity index is 2.93. The molecule has 1 aromatic rings. The number of hydrogen-bond donors (Lipinski definition) is 1. The van der Waals surface area contributed by atoms with Gasteiger partial charge in [-0.05, 0) is 0 Å². The van der Waals surface area contributed by atoms with E-state index in [9.17, 15) is 8.78 Å². The van der Waals surface area contributed by atoms with E-state index in [0.29, 0.717) is 0 Å². The van der Waals surface area contributed by atoms with Crippen molar-refractivity contribution in [2.45, 2.75) is 12.8 Å². The van der Waals surface area contributed by atoms with Crippen LogP contribution in [0.25, 0.3) is 0 Å². The van der Waals surface area contributed by atoms with Gasteiger partial charge in [-0.2, -0.15) is 0 Å². The quantitative estimate of drug-likeness (QED) is 0.768. The summed E-state index contributed by atoms with van der Waals surface area (Å²) >= 11 is 0. The molecule has 1 nitrogen and oxygen atoms in total. The molecule has 13 heavy (non-hydrogen) atoms. The molecule has 2 N–H and O–H groups in total. The molecule has 1 unspecified atom stereocenters. The van der Waals surface area contributed by atoms with E-state index < -0.39 is 11.8 Å². The highest BCUT2D eigenvalue weighted by Crippen LogP contribution is 2.34. The SMILES string of the molecule is CC(CN)C(F)(F)c1ccccc1. The van der Waals surface area contributed by atoms with Gasteiger partial charge in [-0.15, -0.1) is 0 Å². The number of alkyl halides is 2. The normalized spacial score (nSPS) is 14.2. The highest BCUT2D eigenvalue weighted by molar-refractivity contribution is 5.20. The highest BCUT2D eigenvalue weighted by Gasteiger charge is 2.37. The van der Waals surface area contributed by atoms with Crippen LogP contribution < -0.4 is 5.73 Å². The summed E-state index contributed by atoms with van der Waals surface area (Å²) in [6.07, 6.45) is 0. The number of halogens is 2. The zero-order valence-electron chi connectivity index (χ0n) is 7.50. The van der Waals surface area contributed by atoms with Crippen molar-refractivity contribution in [3.63, 3.8) is 0 Å². The lowest BCUT2D eigenvalue weighted by Crippen LogP contribution is -2.29. The minimum absolute atomic E-state index is 0.0120. The van der Waals surface area contributed by atoms with Crippen molar-refractivity contribution in [3.8, 4) is 0 Å². The van der Waals surface area contributed by atoms with Crippen molar-refractivity contribution in [1.29, 1.82) is 0 Å². The Bertz CT molecular complexity index is 259. The Kier molecular flexibility index (Phi) is 2.98. The predicted molar refractivity (Wildman–Crippen MR) is 48.6 cm³/mol. The van der Waals surface area contributed by atoms with Crippen molar-refractivity contribution in [1.82, 2.24) is 0 Å². The van der Waals surface area contributed by atoms with E-state index in [1.807, 2.05) is 0 Å². The first kappa shape index (κ1) is 10.1. The van der Waals surface area contributed by atoms with Crippen LogP contribution in [0.15, 0.2) is 30.3 Å². The summed E-state index contributed by atoms with van der Waals surface area (Å²) in [5.74, 6) is -3.65. The van der Waals surface area contributed by atoms with Gasteiger partial charge in [-0.25, -0.2) is 8.78 Å². The van der Waals surface area contributed by atoms with E-state index in [2.05, 4.69) is 0 Å². The van der Waals surface area contributed by atoms with Gasteiger partial charge in [-0.1, -0.05) is 37.3 Å². The molecular weight excluding hydrogens is 172 g/mol. The lowest BCUT2D eigenvalue weighted by molar-refractivity contribution is -0.0547. The molecule has 72 valence electrons. The van der Waals surface area contributed by atoms with E-state index in [4.69, 9.17) is 5.73 Å². The summed E-state index contributed by atoms with van der Waals surface area (Å²) in [5.41, 5.74) is 5.25. The summed E-state index contributed by atoms with van der Waals surface area (Å²) in [4.78, 5) is 0. The summed E-state index contributed by atoms with van der Waals surface area (Å²) in [5, 5.41) is 0. The lowest BCUT2D eigenvalue weighted by atomic mass is 9.96. The maximum atomic E-state index is 13.5. The zero-order chi connectivity index (χ0) is 9.90. The molecule has 0 amide bonds. The first-order valence-electron chi connectivity index (χ1n) is 4.22. The average molecular weight is 185 g/mol. The second-order valence-electron chi connectivity index (χ2n) is 3.13. The lowest BCUT2D eigenvalue weighted by Gasteiger charge is -2.22. The van der Waals surface area contributed by atoms with Crippen LogP contribution in [0.3, 0.4) is 0 Å². The fraction of sp³-hybridized carbons (Fsp3) is 0.400. The Morgan fingerprint density at radius 2 is 1.85 bits per heavy atom. The Labute approximate surface area is 76.6 Å². The second kappa shape index (κ2) is 3.83. The molecule has 0 aliphatic heterocycles. The Morgan fingerprint density at radius 1 is 1.31 bits per heavy atom. The van der Waals surface area contributed by atoms with Crippen LogP contribution in [-0.2, 0) is 5.92 Å². The van der Waals surface area contributed by atoms with E-state index >= 15 is 0 Å². The van der Waals surface area contributed by atoms with Gasteiger partial charge in [0.05, 0.1) is 0 Å². The molecule has 0 saturated heterocycles. The molecule has 1 aromatic carbocycles. The predicted octanol–water partition coefficient (Wildman–Crippen LogP) is 2.37. The van der Waals surface area contributed by atoms with Gasteiger partial charge in [0.25, 0.3) is 5.92 Å². The molecule has 1 atom stereocenters. The van der Waals surface area contributed by atoms with Crippen LogP contribution in [0.2, 0.25) is 0 Å². The fourth-order valence-electron chi connectivity index (χ4n) is 1.09. The number of rotatable bonds is 3. The minimum Gasteiger partial charge on any atom is -0.330 e. The first-order valence-corrected chi connectivity index (χ1v) is 4.22. The summed E-state index contributed by atoms with van der Waals surface area (Å²) in [6.45, 7) is 1.44. The molecule has 3 heteroatoms. The molecule has 0 aromatic heterocycles. The van der Waals surface area contributed by atoms with Gasteiger partial charge in [-0.3, -0.25) is 0 Å². The smallest absolute Gasteiger partial charge is 0.276 e. The van der Waals surface area contributed by atoms with Crippen molar-refractivity contribution in [3.05, 3.63) is 35.9 Å². The summed E-state index contributed by atoms with van der Waals surface area (Å²) in [7, 11) is 0. The summed E-state index contributed by atoms with van der Waals surface area (Å²) < 4.78 is 26.9. The van der Waals surface area contributed by atoms with Crippen LogP contribution in [0.5, 0.6) is 0 Å². The van der Waals surface area contributed by atoms with Crippen LogP contribution in [0, 0.1) is 5.92 Å². The molecule has 0 radical (unpaired) electrons. The first-order chi connectivity index (χ1) is 6.09. The van der Waals surface area contributed by atoms with Crippen LogP contribution in [0.1, 0.15) is 12.5 Å². The fourth-order valence-corrected chi connectivity index (χ4v) is 1.09. The van der Waals surface area contributed by atoms with Crippen LogP contribution >= 0.6 is 0 Å². The Hall–Kier alpha value is -0.960. The van der Waals surface area contributed by atoms with Crippen LogP contribution in [0.4, 0.5) is 8.78 Å². The van der Waals surface area contributed by atoms with Crippen LogP contribution in [-0.4, -0.2) is 6.54 Å². The number of hydrogen-bond acceptors (Lipinski definition) is 1. The van der Waals surface area contributed by atoms with Crippen molar-refractivity contribution < 1.29 is 8.78 Å². The maximum absolute atomic E-state index is 13.5. The van der Waals surface area contributed by atoms with Crippen molar-refractivity contribution in [2.75, 3.05) is 6.54 Å². The Morgan fingerprint density at radius 3 is 2.31 bits per heavy atom. The minimum atomic E-state index is -2.82. The molecule has 0 spiro atoms. The third kappa shape index (κ3) is 2.04. The largest absolute Gasteiger partial charge is 0.330 e. The third-order valence-electron chi connectivity index (χ3n) is 2.13. The average Bonchev–Trinajstić information content (AvgIpc) is 2.18. The van der Waals surface area contributed by atoms with Gasteiger partial charge < -0.3 is 5.73 Å². The molecule has 0 fully saturated rings. The standard InChI is InChI=1S/C10H13F2N/c1-8(7-13)10(11,12)9-5-3-2-4-6-9/h2-6,8H,7,13H2,1H3. The molecule has 0 aliphatic carbocycles. The number of nitrogens with two attached hydrogens (primary N) is 1. The monoisotopic (exact) mass is 185 g/mol. The molecule has 0 aliphatic rings. The molecule has 0 saturated carbocycles. The summed E-state index contributed by atoms with van der Waals surface area (Å²) in [6, 6.07) is 7.77. The van der Waals surface area contributed by atoms with Gasteiger partial charge >= 0.3 is 0 Å². The molecule has 1 rings (SSSR count). The van der Waals surface area contributed by atoms with E-state index in [1.54, 1.807) is 18.2 Å². The number of benzene rings is 1. The molecular formula is C10H13F2N. The van der Waals surface area contributed by atoms with E-state index in [-0.39, 0.29) is 12.1 Å². The molecule has 0 heterocycles. The van der Waals surface area contributed by atoms with Gasteiger partial charge in [0, 0.05) is 18.0 Å². The second-order valence-corrected chi connectivity index (χ2v) is 3.13. The highest BCUT2D eigenvalue weighted by atomic mass is 19.3. The van der Waals surface area contributed by atoms with Crippen molar-refractivity contribution >= 4 is 0 Å². The van der Waals surface area contributed by atoms with E-state index in [1.165, 1.54) is 19.1 Å². The van der Waals surface area contributed by atoms with Gasteiger partial charge in [0.15, 0.2) is 0 Å². The molecule has 0 bridgehead atoms.